The molecule has 1 aliphatic heterocycles. The second-order valence-corrected chi connectivity index (χ2v) is 4.31. The van der Waals surface area contributed by atoms with Gasteiger partial charge in [0.05, 0.1) is 6.61 Å². The Morgan fingerprint density at radius 3 is 2.50 bits per heavy atom. The molecule has 0 amide bonds. The van der Waals surface area contributed by atoms with Crippen LogP contribution < -0.4 is 0 Å². The lowest BCUT2D eigenvalue weighted by molar-refractivity contribution is 0.153. The Kier molecular flexibility index (Phi) is 3.31. The molecule has 1 atom stereocenters. The average molecular weight is 223 g/mol. The van der Waals surface area contributed by atoms with Crippen LogP contribution in [0.2, 0.25) is 0 Å². The number of rotatable bonds is 3. The Balaban J connectivity index is 2.08. The van der Waals surface area contributed by atoms with Gasteiger partial charge in [-0.15, -0.1) is 0 Å². The number of phenolic OH excluding ortho intramolecular Hbond substituents is 2. The summed E-state index contributed by atoms with van der Waals surface area (Å²) in [7, 11) is 0. The van der Waals surface area contributed by atoms with Gasteiger partial charge in [-0.05, 0) is 37.1 Å². The predicted octanol–water partition coefficient (Wildman–Crippen LogP) is 1.05. The number of benzene rings is 1. The summed E-state index contributed by atoms with van der Waals surface area (Å²) in [5, 5.41) is 27.9. The van der Waals surface area contributed by atoms with Crippen molar-refractivity contribution in [2.45, 2.75) is 25.4 Å². The number of phenols is 2. The molecular weight excluding hydrogens is 206 g/mol. The van der Waals surface area contributed by atoms with Gasteiger partial charge in [-0.25, -0.2) is 0 Å². The first-order chi connectivity index (χ1) is 7.69. The molecule has 0 aliphatic carbocycles. The number of hydrogen-bond acceptors (Lipinski definition) is 4. The van der Waals surface area contributed by atoms with E-state index in [0.29, 0.717) is 6.54 Å². The molecule has 1 aromatic rings. The van der Waals surface area contributed by atoms with Gasteiger partial charge >= 0.3 is 0 Å². The summed E-state index contributed by atoms with van der Waals surface area (Å²) in [4.78, 5) is 2.17. The summed E-state index contributed by atoms with van der Waals surface area (Å²) in [6, 6.07) is 4.82. The van der Waals surface area contributed by atoms with Crippen molar-refractivity contribution in [2.24, 2.45) is 0 Å². The fourth-order valence-electron chi connectivity index (χ4n) is 2.29. The van der Waals surface area contributed by atoms with Gasteiger partial charge < -0.3 is 15.3 Å². The summed E-state index contributed by atoms with van der Waals surface area (Å²) in [6.45, 7) is 1.79. The van der Waals surface area contributed by atoms with Crippen LogP contribution in [0.1, 0.15) is 18.4 Å². The maximum atomic E-state index is 9.36. The predicted molar refractivity (Wildman–Crippen MR) is 60.3 cm³/mol. The lowest BCUT2D eigenvalue weighted by Gasteiger charge is -2.22. The highest BCUT2D eigenvalue weighted by molar-refractivity contribution is 5.36. The smallest absolute Gasteiger partial charge is 0.119 e. The van der Waals surface area contributed by atoms with E-state index in [1.807, 2.05) is 0 Å². The highest BCUT2D eigenvalue weighted by Gasteiger charge is 2.23. The molecule has 1 fully saturated rings. The van der Waals surface area contributed by atoms with Crippen LogP contribution in [0.15, 0.2) is 18.2 Å². The van der Waals surface area contributed by atoms with Crippen LogP contribution in [-0.2, 0) is 6.54 Å². The highest BCUT2D eigenvalue weighted by atomic mass is 16.3. The van der Waals surface area contributed by atoms with E-state index < -0.39 is 0 Å². The third-order valence-corrected chi connectivity index (χ3v) is 3.06. The monoisotopic (exact) mass is 223 g/mol. The van der Waals surface area contributed by atoms with E-state index in [1.54, 1.807) is 12.1 Å². The van der Waals surface area contributed by atoms with E-state index in [4.69, 9.17) is 0 Å². The van der Waals surface area contributed by atoms with Crippen molar-refractivity contribution >= 4 is 0 Å². The molecule has 88 valence electrons. The fourth-order valence-corrected chi connectivity index (χ4v) is 2.29. The van der Waals surface area contributed by atoms with Crippen molar-refractivity contribution in [3.63, 3.8) is 0 Å². The number of hydrogen-bond donors (Lipinski definition) is 3. The quantitative estimate of drug-likeness (QED) is 0.717. The number of aliphatic hydroxyl groups excluding tert-OH is 1. The van der Waals surface area contributed by atoms with Crippen molar-refractivity contribution in [1.82, 2.24) is 4.90 Å². The molecule has 0 radical (unpaired) electrons. The first kappa shape index (κ1) is 11.2. The van der Waals surface area contributed by atoms with Gasteiger partial charge in [0.1, 0.15) is 11.5 Å². The molecule has 0 aromatic heterocycles. The molecule has 16 heavy (non-hydrogen) atoms. The Labute approximate surface area is 94.8 Å². The third kappa shape index (κ3) is 2.46. The van der Waals surface area contributed by atoms with Gasteiger partial charge in [-0.3, -0.25) is 4.90 Å². The Hall–Kier alpha value is -1.26. The van der Waals surface area contributed by atoms with E-state index in [-0.39, 0.29) is 24.1 Å². The zero-order valence-electron chi connectivity index (χ0n) is 9.13. The molecule has 1 heterocycles. The van der Waals surface area contributed by atoms with Crippen LogP contribution in [0.25, 0.3) is 0 Å². The van der Waals surface area contributed by atoms with Crippen molar-refractivity contribution in [3.05, 3.63) is 23.8 Å². The SMILES string of the molecule is OCC1CCCN1Cc1cc(O)cc(O)c1. The molecule has 0 bridgehead atoms. The normalized spacial score (nSPS) is 21.4. The van der Waals surface area contributed by atoms with Crippen LogP contribution in [0.3, 0.4) is 0 Å². The van der Waals surface area contributed by atoms with Crippen molar-refractivity contribution in [3.8, 4) is 11.5 Å². The van der Waals surface area contributed by atoms with Crippen molar-refractivity contribution in [1.29, 1.82) is 0 Å². The van der Waals surface area contributed by atoms with E-state index >= 15 is 0 Å². The molecule has 4 nitrogen and oxygen atoms in total. The van der Waals surface area contributed by atoms with E-state index in [9.17, 15) is 15.3 Å². The van der Waals surface area contributed by atoms with E-state index in [0.717, 1.165) is 24.9 Å². The maximum absolute atomic E-state index is 9.36. The summed E-state index contributed by atoms with van der Waals surface area (Å²) < 4.78 is 0. The van der Waals surface area contributed by atoms with Crippen molar-refractivity contribution < 1.29 is 15.3 Å². The molecule has 1 saturated heterocycles. The lowest BCUT2D eigenvalue weighted by Crippen LogP contribution is -2.31. The van der Waals surface area contributed by atoms with Gasteiger partial charge in [0, 0.05) is 18.7 Å². The molecule has 4 heteroatoms. The molecule has 1 unspecified atom stereocenters. The molecule has 1 aromatic carbocycles. The average Bonchev–Trinajstić information content (AvgIpc) is 2.63. The van der Waals surface area contributed by atoms with Crippen LogP contribution in [0, 0.1) is 0 Å². The van der Waals surface area contributed by atoms with Crippen LogP contribution in [-0.4, -0.2) is 39.4 Å². The summed E-state index contributed by atoms with van der Waals surface area (Å²) in [5.41, 5.74) is 0.873. The van der Waals surface area contributed by atoms with Crippen molar-refractivity contribution in [2.75, 3.05) is 13.2 Å². The van der Waals surface area contributed by atoms with E-state index in [2.05, 4.69) is 4.90 Å². The minimum atomic E-state index is 0.0785. The van der Waals surface area contributed by atoms with Crippen LogP contribution in [0.5, 0.6) is 11.5 Å². The van der Waals surface area contributed by atoms with Gasteiger partial charge in [0.2, 0.25) is 0 Å². The molecule has 0 saturated carbocycles. The molecule has 0 spiro atoms. The maximum Gasteiger partial charge on any atom is 0.119 e. The zero-order chi connectivity index (χ0) is 11.5. The fraction of sp³-hybridized carbons (Fsp3) is 0.500. The third-order valence-electron chi connectivity index (χ3n) is 3.06. The highest BCUT2D eigenvalue weighted by Crippen LogP contribution is 2.24. The Morgan fingerprint density at radius 2 is 1.88 bits per heavy atom. The molecular formula is C12H17NO3. The van der Waals surface area contributed by atoms with E-state index in [1.165, 1.54) is 6.07 Å². The first-order valence-corrected chi connectivity index (χ1v) is 5.56. The number of likely N-dealkylation sites (tertiary alicyclic amines) is 1. The molecule has 1 aliphatic rings. The first-order valence-electron chi connectivity index (χ1n) is 5.56. The molecule has 3 N–H and O–H groups in total. The van der Waals surface area contributed by atoms with Gasteiger partial charge in [-0.2, -0.15) is 0 Å². The standard InChI is InChI=1S/C12H17NO3/c14-8-10-2-1-3-13(10)7-9-4-11(15)6-12(16)5-9/h4-6,10,14-16H,1-3,7-8H2. The summed E-state index contributed by atoms with van der Waals surface area (Å²) in [5.74, 6) is 0.157. The minimum absolute atomic E-state index is 0.0785. The Morgan fingerprint density at radius 1 is 1.19 bits per heavy atom. The summed E-state index contributed by atoms with van der Waals surface area (Å²) in [6.07, 6.45) is 2.11. The number of nitrogens with zero attached hydrogens (tertiary/aromatic N) is 1. The van der Waals surface area contributed by atoms with Gasteiger partial charge in [-0.1, -0.05) is 0 Å². The lowest BCUT2D eigenvalue weighted by atomic mass is 10.1. The summed E-state index contributed by atoms with van der Waals surface area (Å²) >= 11 is 0. The largest absolute Gasteiger partial charge is 0.508 e. The zero-order valence-corrected chi connectivity index (χ0v) is 9.13. The van der Waals surface area contributed by atoms with Crippen LogP contribution >= 0.6 is 0 Å². The second-order valence-electron chi connectivity index (χ2n) is 4.31. The number of aliphatic hydroxyl groups is 1. The molecule has 2 rings (SSSR count). The van der Waals surface area contributed by atoms with Gasteiger partial charge in [0.15, 0.2) is 0 Å². The minimum Gasteiger partial charge on any atom is -0.508 e. The van der Waals surface area contributed by atoms with Crippen LogP contribution in [0.4, 0.5) is 0 Å². The Bertz CT molecular complexity index is 347. The topological polar surface area (TPSA) is 63.9 Å². The second kappa shape index (κ2) is 4.72. The number of aromatic hydroxyl groups is 2. The van der Waals surface area contributed by atoms with Gasteiger partial charge in [0.25, 0.3) is 0 Å².